The third kappa shape index (κ3) is 3.38. The van der Waals surface area contributed by atoms with Crippen molar-refractivity contribution in [2.24, 2.45) is 11.7 Å². The van der Waals surface area contributed by atoms with Crippen LogP contribution in [0.25, 0.3) is 0 Å². The second-order valence-electron chi connectivity index (χ2n) is 4.86. The number of phenols is 1. The van der Waals surface area contributed by atoms with Crippen molar-refractivity contribution in [2.75, 3.05) is 19.7 Å². The smallest absolute Gasteiger partial charge is 0.221 e. The maximum absolute atomic E-state index is 11.1. The Morgan fingerprint density at radius 2 is 2.37 bits per heavy atom. The van der Waals surface area contributed by atoms with Gasteiger partial charge in [-0.15, -0.1) is 0 Å². The number of rotatable bonds is 5. The predicted molar refractivity (Wildman–Crippen MR) is 71.9 cm³/mol. The summed E-state index contributed by atoms with van der Waals surface area (Å²) in [6.45, 7) is 4.72. The number of phenolic OH excluding ortho intramolecular Hbond substituents is 1. The quantitative estimate of drug-likeness (QED) is 0.835. The number of ether oxygens (including phenoxy) is 1. The number of carbonyl (C=O) groups is 1. The lowest BCUT2D eigenvalue weighted by Crippen LogP contribution is -2.27. The molecular formula is C14H20N2O3. The van der Waals surface area contributed by atoms with E-state index in [2.05, 4.69) is 4.90 Å². The van der Waals surface area contributed by atoms with E-state index < -0.39 is 0 Å². The van der Waals surface area contributed by atoms with Crippen LogP contribution in [0.2, 0.25) is 0 Å². The number of nitrogens with zero attached hydrogens (tertiary/aromatic N) is 1. The fourth-order valence-electron chi connectivity index (χ4n) is 2.39. The summed E-state index contributed by atoms with van der Waals surface area (Å²) in [5.41, 5.74) is 6.38. The van der Waals surface area contributed by atoms with E-state index in [1.54, 1.807) is 6.07 Å². The van der Waals surface area contributed by atoms with Gasteiger partial charge in [-0.05, 0) is 37.6 Å². The Morgan fingerprint density at radius 3 is 3.00 bits per heavy atom. The SMILES string of the molecule is CCOc1cc(CN2CCC(C(N)=O)C2)ccc1O. The highest BCUT2D eigenvalue weighted by atomic mass is 16.5. The highest BCUT2D eigenvalue weighted by Gasteiger charge is 2.26. The molecule has 1 atom stereocenters. The first-order valence-electron chi connectivity index (χ1n) is 6.56. The van der Waals surface area contributed by atoms with Crippen LogP contribution in [0, 0.1) is 5.92 Å². The van der Waals surface area contributed by atoms with Crippen LogP contribution in [-0.2, 0) is 11.3 Å². The molecule has 1 aromatic carbocycles. The van der Waals surface area contributed by atoms with Gasteiger partial charge in [-0.2, -0.15) is 0 Å². The molecule has 0 aromatic heterocycles. The molecule has 5 heteroatoms. The highest BCUT2D eigenvalue weighted by Crippen LogP contribution is 2.28. The summed E-state index contributed by atoms with van der Waals surface area (Å²) in [5.74, 6) is 0.402. The molecule has 3 N–H and O–H groups in total. The Kier molecular flexibility index (Phi) is 4.27. The Hall–Kier alpha value is -1.75. The third-order valence-electron chi connectivity index (χ3n) is 3.40. The van der Waals surface area contributed by atoms with Gasteiger partial charge in [-0.3, -0.25) is 9.69 Å². The van der Waals surface area contributed by atoms with Gasteiger partial charge >= 0.3 is 0 Å². The van der Waals surface area contributed by atoms with Crippen LogP contribution in [0.15, 0.2) is 18.2 Å². The first kappa shape index (κ1) is 13.7. The number of likely N-dealkylation sites (tertiary alicyclic amines) is 1. The summed E-state index contributed by atoms with van der Waals surface area (Å²) in [6, 6.07) is 5.35. The number of hydrogen-bond donors (Lipinski definition) is 2. The Bertz CT molecular complexity index is 462. The van der Waals surface area contributed by atoms with E-state index in [4.69, 9.17) is 10.5 Å². The lowest BCUT2D eigenvalue weighted by atomic mass is 10.1. The lowest BCUT2D eigenvalue weighted by Gasteiger charge is -2.16. The van der Waals surface area contributed by atoms with Crippen LogP contribution < -0.4 is 10.5 Å². The van der Waals surface area contributed by atoms with Gasteiger partial charge < -0.3 is 15.6 Å². The predicted octanol–water partition coefficient (Wildman–Crippen LogP) is 1.10. The molecule has 0 radical (unpaired) electrons. The molecule has 0 spiro atoms. The van der Waals surface area contributed by atoms with E-state index in [1.807, 2.05) is 19.1 Å². The Morgan fingerprint density at radius 1 is 1.58 bits per heavy atom. The number of hydrogen-bond acceptors (Lipinski definition) is 4. The third-order valence-corrected chi connectivity index (χ3v) is 3.40. The second-order valence-corrected chi connectivity index (χ2v) is 4.86. The standard InChI is InChI=1S/C14H20N2O3/c1-2-19-13-7-10(3-4-12(13)17)8-16-6-5-11(9-16)14(15)18/h3-4,7,11,17H,2,5-6,8-9H2,1H3,(H2,15,18). The van der Waals surface area contributed by atoms with Gasteiger partial charge in [0.25, 0.3) is 0 Å². The monoisotopic (exact) mass is 264 g/mol. The van der Waals surface area contributed by atoms with Crippen molar-refractivity contribution in [3.8, 4) is 11.5 Å². The van der Waals surface area contributed by atoms with E-state index in [0.717, 1.165) is 25.1 Å². The summed E-state index contributed by atoms with van der Waals surface area (Å²) >= 11 is 0. The first-order chi connectivity index (χ1) is 9.10. The van der Waals surface area contributed by atoms with Crippen molar-refractivity contribution in [3.05, 3.63) is 23.8 Å². The van der Waals surface area contributed by atoms with Crippen molar-refractivity contribution in [1.82, 2.24) is 4.90 Å². The topological polar surface area (TPSA) is 75.8 Å². The number of carbonyl (C=O) groups excluding carboxylic acids is 1. The van der Waals surface area contributed by atoms with Gasteiger partial charge in [0.15, 0.2) is 11.5 Å². The van der Waals surface area contributed by atoms with Crippen LogP contribution >= 0.6 is 0 Å². The molecule has 1 aliphatic rings. The average molecular weight is 264 g/mol. The zero-order valence-corrected chi connectivity index (χ0v) is 11.1. The molecule has 19 heavy (non-hydrogen) atoms. The minimum atomic E-state index is -0.219. The minimum Gasteiger partial charge on any atom is -0.504 e. The highest BCUT2D eigenvalue weighted by molar-refractivity contribution is 5.77. The molecular weight excluding hydrogens is 244 g/mol. The van der Waals surface area contributed by atoms with E-state index in [0.29, 0.717) is 18.9 Å². The van der Waals surface area contributed by atoms with Crippen molar-refractivity contribution >= 4 is 5.91 Å². The zero-order chi connectivity index (χ0) is 13.8. The minimum absolute atomic E-state index is 0.0384. The largest absolute Gasteiger partial charge is 0.504 e. The molecule has 1 fully saturated rings. The summed E-state index contributed by atoms with van der Waals surface area (Å²) < 4.78 is 5.36. The summed E-state index contributed by atoms with van der Waals surface area (Å²) in [6.07, 6.45) is 0.825. The van der Waals surface area contributed by atoms with Crippen LogP contribution in [0.5, 0.6) is 11.5 Å². The van der Waals surface area contributed by atoms with Crippen molar-refractivity contribution in [1.29, 1.82) is 0 Å². The molecule has 1 aromatic rings. The zero-order valence-electron chi connectivity index (χ0n) is 11.1. The van der Waals surface area contributed by atoms with Crippen LogP contribution in [0.1, 0.15) is 18.9 Å². The normalized spacial score (nSPS) is 19.5. The fraction of sp³-hybridized carbons (Fsp3) is 0.500. The molecule has 0 bridgehead atoms. The van der Waals surface area contributed by atoms with Crippen LogP contribution in [0.3, 0.4) is 0 Å². The summed E-state index contributed by atoms with van der Waals surface area (Å²) in [5, 5.41) is 9.64. The molecule has 2 rings (SSSR count). The second kappa shape index (κ2) is 5.93. The van der Waals surface area contributed by atoms with E-state index in [-0.39, 0.29) is 17.6 Å². The van der Waals surface area contributed by atoms with Crippen LogP contribution in [-0.4, -0.2) is 35.6 Å². The Balaban J connectivity index is 2.00. The molecule has 1 unspecified atom stereocenters. The lowest BCUT2D eigenvalue weighted by molar-refractivity contribution is -0.121. The number of primary amides is 1. The molecule has 1 heterocycles. The van der Waals surface area contributed by atoms with E-state index >= 15 is 0 Å². The summed E-state index contributed by atoms with van der Waals surface area (Å²) in [7, 11) is 0. The fourth-order valence-corrected chi connectivity index (χ4v) is 2.39. The molecule has 1 aliphatic heterocycles. The van der Waals surface area contributed by atoms with Gasteiger partial charge in [-0.25, -0.2) is 0 Å². The maximum atomic E-state index is 11.1. The van der Waals surface area contributed by atoms with Crippen LogP contribution in [0.4, 0.5) is 0 Å². The van der Waals surface area contributed by atoms with Crippen molar-refractivity contribution < 1.29 is 14.6 Å². The maximum Gasteiger partial charge on any atom is 0.221 e. The van der Waals surface area contributed by atoms with Gasteiger partial charge in [0.05, 0.1) is 12.5 Å². The first-order valence-corrected chi connectivity index (χ1v) is 6.56. The van der Waals surface area contributed by atoms with Gasteiger partial charge in [0.2, 0.25) is 5.91 Å². The molecule has 0 saturated carbocycles. The summed E-state index contributed by atoms with van der Waals surface area (Å²) in [4.78, 5) is 13.3. The molecule has 1 amide bonds. The molecule has 5 nitrogen and oxygen atoms in total. The van der Waals surface area contributed by atoms with Crippen molar-refractivity contribution in [2.45, 2.75) is 19.9 Å². The molecule has 104 valence electrons. The molecule has 0 aliphatic carbocycles. The van der Waals surface area contributed by atoms with E-state index in [9.17, 15) is 9.90 Å². The van der Waals surface area contributed by atoms with Gasteiger partial charge in [-0.1, -0.05) is 6.07 Å². The van der Waals surface area contributed by atoms with E-state index in [1.165, 1.54) is 0 Å². The molecule has 1 saturated heterocycles. The van der Waals surface area contributed by atoms with Crippen molar-refractivity contribution in [3.63, 3.8) is 0 Å². The number of benzene rings is 1. The number of nitrogens with two attached hydrogens (primary N) is 1. The Labute approximate surface area is 113 Å². The van der Waals surface area contributed by atoms with Gasteiger partial charge in [0, 0.05) is 13.1 Å². The number of amides is 1. The number of aromatic hydroxyl groups is 1. The average Bonchev–Trinajstić information content (AvgIpc) is 2.82. The van der Waals surface area contributed by atoms with Gasteiger partial charge in [0.1, 0.15) is 0 Å².